The molecule has 0 atom stereocenters. The van der Waals surface area contributed by atoms with E-state index in [2.05, 4.69) is 42.2 Å². The first-order valence-electron chi connectivity index (χ1n) is 5.29. The van der Waals surface area contributed by atoms with Gasteiger partial charge < -0.3 is 10.3 Å². The van der Waals surface area contributed by atoms with Crippen LogP contribution in [0.15, 0.2) is 18.2 Å². The molecule has 4 heteroatoms. The lowest BCUT2D eigenvalue weighted by atomic mass is 10.1. The molecule has 0 amide bonds. The smallest absolute Gasteiger partial charge is 0.163 e. The molecule has 0 unspecified atom stereocenters. The van der Waals surface area contributed by atoms with Gasteiger partial charge in [0.1, 0.15) is 5.82 Å². The van der Waals surface area contributed by atoms with Crippen LogP contribution in [-0.4, -0.2) is 14.8 Å². The van der Waals surface area contributed by atoms with Gasteiger partial charge in [-0.1, -0.05) is 12.1 Å². The highest BCUT2D eigenvalue weighted by molar-refractivity contribution is 5.57. The maximum atomic E-state index is 5.57. The van der Waals surface area contributed by atoms with Crippen LogP contribution >= 0.6 is 0 Å². The fourth-order valence-corrected chi connectivity index (χ4v) is 1.67. The van der Waals surface area contributed by atoms with E-state index in [4.69, 9.17) is 5.73 Å². The number of nitrogens with zero attached hydrogens (tertiary/aromatic N) is 3. The Labute approximate surface area is 95.1 Å². The van der Waals surface area contributed by atoms with E-state index in [9.17, 15) is 0 Å². The van der Waals surface area contributed by atoms with Crippen LogP contribution in [0.4, 0.5) is 0 Å². The molecule has 0 bridgehead atoms. The van der Waals surface area contributed by atoms with Gasteiger partial charge in [-0.3, -0.25) is 0 Å². The molecule has 0 fully saturated rings. The average Bonchev–Trinajstić information content (AvgIpc) is 2.64. The highest BCUT2D eigenvalue weighted by Gasteiger charge is 2.09. The lowest BCUT2D eigenvalue weighted by Crippen LogP contribution is -2.05. The van der Waals surface area contributed by atoms with Crippen LogP contribution in [0.25, 0.3) is 11.4 Å². The van der Waals surface area contributed by atoms with Crippen LogP contribution in [0.3, 0.4) is 0 Å². The summed E-state index contributed by atoms with van der Waals surface area (Å²) in [5, 5.41) is 8.21. The molecule has 0 saturated heterocycles. The first-order chi connectivity index (χ1) is 7.63. The molecule has 1 aromatic heterocycles. The van der Waals surface area contributed by atoms with Gasteiger partial charge in [0.15, 0.2) is 5.82 Å². The van der Waals surface area contributed by atoms with E-state index in [0.717, 1.165) is 17.2 Å². The van der Waals surface area contributed by atoms with Crippen molar-refractivity contribution >= 4 is 0 Å². The SMILES string of the molecule is Cc1ccc(-c2nnc(CN)n2C)cc1C. The third-order valence-corrected chi connectivity index (χ3v) is 2.91. The number of aromatic nitrogens is 3. The molecule has 1 aromatic carbocycles. The van der Waals surface area contributed by atoms with Crippen molar-refractivity contribution in [3.8, 4) is 11.4 Å². The summed E-state index contributed by atoms with van der Waals surface area (Å²) in [5.41, 5.74) is 9.20. The van der Waals surface area contributed by atoms with Crippen molar-refractivity contribution in [3.63, 3.8) is 0 Å². The number of benzene rings is 1. The molecular weight excluding hydrogens is 200 g/mol. The zero-order valence-corrected chi connectivity index (χ0v) is 9.86. The van der Waals surface area contributed by atoms with Gasteiger partial charge in [0.25, 0.3) is 0 Å². The van der Waals surface area contributed by atoms with Crippen molar-refractivity contribution in [2.45, 2.75) is 20.4 Å². The number of hydrogen-bond donors (Lipinski definition) is 1. The van der Waals surface area contributed by atoms with E-state index in [1.54, 1.807) is 0 Å². The molecule has 0 aliphatic heterocycles. The third kappa shape index (κ3) is 1.72. The predicted molar refractivity (Wildman–Crippen MR) is 63.8 cm³/mol. The Morgan fingerprint density at radius 2 is 1.94 bits per heavy atom. The molecular formula is C12H16N4. The molecule has 2 N–H and O–H groups in total. The minimum absolute atomic E-state index is 0.411. The predicted octanol–water partition coefficient (Wildman–Crippen LogP) is 1.56. The average molecular weight is 216 g/mol. The maximum absolute atomic E-state index is 5.57. The topological polar surface area (TPSA) is 56.7 Å². The summed E-state index contributed by atoms with van der Waals surface area (Å²) in [6.45, 7) is 4.61. The molecule has 2 aromatic rings. The molecule has 0 radical (unpaired) electrons. The van der Waals surface area contributed by atoms with Crippen LogP contribution in [0, 0.1) is 13.8 Å². The van der Waals surface area contributed by atoms with Crippen molar-refractivity contribution in [2.75, 3.05) is 0 Å². The monoisotopic (exact) mass is 216 g/mol. The maximum Gasteiger partial charge on any atom is 0.163 e. The Bertz CT molecular complexity index is 514. The van der Waals surface area contributed by atoms with Gasteiger partial charge in [0, 0.05) is 12.6 Å². The van der Waals surface area contributed by atoms with Crippen molar-refractivity contribution < 1.29 is 0 Å². The van der Waals surface area contributed by atoms with Crippen molar-refractivity contribution in [1.82, 2.24) is 14.8 Å². The Morgan fingerprint density at radius 3 is 2.50 bits per heavy atom. The molecule has 1 heterocycles. The Kier molecular flexibility index (Phi) is 2.75. The van der Waals surface area contributed by atoms with Crippen LogP contribution in [-0.2, 0) is 13.6 Å². The second-order valence-electron chi connectivity index (χ2n) is 4.00. The van der Waals surface area contributed by atoms with Crippen LogP contribution < -0.4 is 5.73 Å². The minimum Gasteiger partial charge on any atom is -0.324 e. The fourth-order valence-electron chi connectivity index (χ4n) is 1.67. The summed E-state index contributed by atoms with van der Waals surface area (Å²) >= 11 is 0. The first kappa shape index (κ1) is 10.8. The van der Waals surface area contributed by atoms with Crippen molar-refractivity contribution in [2.24, 2.45) is 12.8 Å². The number of hydrogen-bond acceptors (Lipinski definition) is 3. The second kappa shape index (κ2) is 4.06. The Hall–Kier alpha value is -1.68. The van der Waals surface area contributed by atoms with Gasteiger partial charge in [0.2, 0.25) is 0 Å². The molecule has 4 nitrogen and oxygen atoms in total. The van der Waals surface area contributed by atoms with E-state index >= 15 is 0 Å². The number of aryl methyl sites for hydroxylation is 2. The summed E-state index contributed by atoms with van der Waals surface area (Å²) in [7, 11) is 1.94. The lowest BCUT2D eigenvalue weighted by molar-refractivity contribution is 0.797. The number of rotatable bonds is 2. The quantitative estimate of drug-likeness (QED) is 0.828. The Balaban J connectivity index is 2.50. The van der Waals surface area contributed by atoms with Gasteiger partial charge in [-0.2, -0.15) is 0 Å². The molecule has 2 rings (SSSR count). The second-order valence-corrected chi connectivity index (χ2v) is 4.00. The minimum atomic E-state index is 0.411. The zero-order valence-electron chi connectivity index (χ0n) is 9.86. The normalized spacial score (nSPS) is 10.8. The van der Waals surface area contributed by atoms with Gasteiger partial charge >= 0.3 is 0 Å². The highest BCUT2D eigenvalue weighted by atomic mass is 15.3. The zero-order chi connectivity index (χ0) is 11.7. The lowest BCUT2D eigenvalue weighted by Gasteiger charge is -2.05. The van der Waals surface area contributed by atoms with Crippen molar-refractivity contribution in [3.05, 3.63) is 35.2 Å². The molecule has 0 aliphatic rings. The van der Waals surface area contributed by atoms with Gasteiger partial charge in [-0.25, -0.2) is 0 Å². The molecule has 0 saturated carbocycles. The summed E-state index contributed by atoms with van der Waals surface area (Å²) in [6, 6.07) is 6.29. The number of nitrogens with two attached hydrogens (primary N) is 1. The largest absolute Gasteiger partial charge is 0.324 e. The van der Waals surface area contributed by atoms with Crippen LogP contribution in [0.1, 0.15) is 17.0 Å². The van der Waals surface area contributed by atoms with E-state index < -0.39 is 0 Å². The molecule has 0 aliphatic carbocycles. The van der Waals surface area contributed by atoms with Crippen molar-refractivity contribution in [1.29, 1.82) is 0 Å². The van der Waals surface area contributed by atoms with E-state index in [1.807, 2.05) is 11.6 Å². The van der Waals surface area contributed by atoms with Gasteiger partial charge in [0.05, 0.1) is 6.54 Å². The first-order valence-corrected chi connectivity index (χ1v) is 5.29. The van der Waals surface area contributed by atoms with Crippen LogP contribution in [0.2, 0.25) is 0 Å². The van der Waals surface area contributed by atoms with Gasteiger partial charge in [-0.05, 0) is 31.0 Å². The molecule has 16 heavy (non-hydrogen) atoms. The summed E-state index contributed by atoms with van der Waals surface area (Å²) < 4.78 is 1.93. The summed E-state index contributed by atoms with van der Waals surface area (Å²) in [5.74, 6) is 1.66. The Morgan fingerprint density at radius 1 is 1.19 bits per heavy atom. The standard InChI is InChI=1S/C12H16N4/c1-8-4-5-10(6-9(8)2)12-15-14-11(7-13)16(12)3/h4-6H,7,13H2,1-3H3. The van der Waals surface area contributed by atoms with Crippen LogP contribution in [0.5, 0.6) is 0 Å². The van der Waals surface area contributed by atoms with Gasteiger partial charge in [-0.15, -0.1) is 10.2 Å². The fraction of sp³-hybridized carbons (Fsp3) is 0.333. The van der Waals surface area contributed by atoms with E-state index in [-0.39, 0.29) is 0 Å². The molecule has 0 spiro atoms. The highest BCUT2D eigenvalue weighted by Crippen LogP contribution is 2.20. The third-order valence-electron chi connectivity index (χ3n) is 2.91. The summed E-state index contributed by atoms with van der Waals surface area (Å²) in [6.07, 6.45) is 0. The van der Waals surface area contributed by atoms with E-state index in [0.29, 0.717) is 6.54 Å². The van der Waals surface area contributed by atoms with E-state index in [1.165, 1.54) is 11.1 Å². The summed E-state index contributed by atoms with van der Waals surface area (Å²) in [4.78, 5) is 0. The molecule has 84 valence electrons.